The minimum atomic E-state index is -0.261. The van der Waals surface area contributed by atoms with Crippen LogP contribution in [0.4, 0.5) is 0 Å². The number of hydrogen-bond donors (Lipinski definition) is 1. The molecule has 0 unspecified atom stereocenters. The Morgan fingerprint density at radius 2 is 2.29 bits per heavy atom. The summed E-state index contributed by atoms with van der Waals surface area (Å²) in [6.07, 6.45) is 3.02. The molecular weight excluding hydrogens is 300 g/mol. The number of thiophene rings is 1. The van der Waals surface area contributed by atoms with Crippen LogP contribution >= 0.6 is 27.3 Å². The van der Waals surface area contributed by atoms with Crippen LogP contribution in [0.3, 0.4) is 0 Å². The minimum absolute atomic E-state index is 0.204. The molecule has 2 rings (SSSR count). The summed E-state index contributed by atoms with van der Waals surface area (Å²) in [4.78, 5) is 15.3. The molecule has 94 valence electrons. The van der Waals surface area contributed by atoms with E-state index in [1.54, 1.807) is 11.3 Å². The van der Waals surface area contributed by atoms with E-state index in [9.17, 15) is 4.79 Å². The summed E-state index contributed by atoms with van der Waals surface area (Å²) >= 11 is 5.10. The van der Waals surface area contributed by atoms with Gasteiger partial charge in [-0.25, -0.2) is 0 Å². The molecule has 0 saturated heterocycles. The molecule has 3 nitrogen and oxygen atoms in total. The first-order valence-corrected chi connectivity index (χ1v) is 7.38. The summed E-state index contributed by atoms with van der Waals surface area (Å²) in [7, 11) is 1.87. The maximum Gasteiger partial charge on any atom is 0.230 e. The first kappa shape index (κ1) is 13.1. The summed E-state index contributed by atoms with van der Waals surface area (Å²) in [6, 6.07) is 4.06. The summed E-state index contributed by atoms with van der Waals surface area (Å²) in [5, 5.41) is 0. The van der Waals surface area contributed by atoms with Gasteiger partial charge in [0.15, 0.2) is 0 Å². The van der Waals surface area contributed by atoms with Gasteiger partial charge in [0.25, 0.3) is 0 Å². The first-order valence-electron chi connectivity index (χ1n) is 5.77. The molecule has 1 saturated carbocycles. The lowest BCUT2D eigenvalue weighted by molar-refractivity contribution is -0.145. The number of halogens is 1. The van der Waals surface area contributed by atoms with E-state index < -0.39 is 0 Å². The van der Waals surface area contributed by atoms with Gasteiger partial charge in [0.1, 0.15) is 0 Å². The highest BCUT2D eigenvalue weighted by Crippen LogP contribution is 2.41. The van der Waals surface area contributed by atoms with E-state index >= 15 is 0 Å². The van der Waals surface area contributed by atoms with Crippen molar-refractivity contribution in [1.29, 1.82) is 0 Å². The van der Waals surface area contributed by atoms with Crippen molar-refractivity contribution in [2.75, 3.05) is 13.6 Å². The van der Waals surface area contributed by atoms with Gasteiger partial charge in [-0.1, -0.05) is 6.42 Å². The van der Waals surface area contributed by atoms with Gasteiger partial charge in [-0.05, 0) is 40.9 Å². The van der Waals surface area contributed by atoms with Crippen LogP contribution in [0.1, 0.15) is 24.1 Å². The molecule has 1 heterocycles. The molecule has 0 spiro atoms. The van der Waals surface area contributed by atoms with Crippen molar-refractivity contribution in [2.24, 2.45) is 11.1 Å². The SMILES string of the molecule is CN(Cc1ccc(Br)s1)C(=O)C1(CN)CCC1. The fourth-order valence-electron chi connectivity index (χ4n) is 2.26. The lowest BCUT2D eigenvalue weighted by atomic mass is 9.68. The van der Waals surface area contributed by atoms with Gasteiger partial charge >= 0.3 is 0 Å². The van der Waals surface area contributed by atoms with E-state index in [1.165, 1.54) is 4.88 Å². The number of amides is 1. The van der Waals surface area contributed by atoms with E-state index in [0.29, 0.717) is 13.1 Å². The molecule has 0 atom stereocenters. The number of nitrogens with two attached hydrogens (primary N) is 1. The van der Waals surface area contributed by atoms with Gasteiger partial charge in [0.05, 0.1) is 15.7 Å². The van der Waals surface area contributed by atoms with E-state index in [2.05, 4.69) is 22.0 Å². The molecule has 0 radical (unpaired) electrons. The maximum absolute atomic E-state index is 12.3. The second-order valence-electron chi connectivity index (χ2n) is 4.71. The Hall–Kier alpha value is -0.390. The Labute approximate surface area is 114 Å². The molecular formula is C12H17BrN2OS. The highest BCUT2D eigenvalue weighted by molar-refractivity contribution is 9.11. The van der Waals surface area contributed by atoms with Crippen molar-refractivity contribution in [3.05, 3.63) is 20.8 Å². The van der Waals surface area contributed by atoms with Crippen molar-refractivity contribution >= 4 is 33.2 Å². The summed E-state index contributed by atoms with van der Waals surface area (Å²) in [6.45, 7) is 1.15. The number of hydrogen-bond acceptors (Lipinski definition) is 3. The first-order chi connectivity index (χ1) is 8.07. The largest absolute Gasteiger partial charge is 0.340 e. The van der Waals surface area contributed by atoms with Crippen molar-refractivity contribution < 1.29 is 4.79 Å². The molecule has 0 aromatic carbocycles. The highest BCUT2D eigenvalue weighted by Gasteiger charge is 2.44. The van der Waals surface area contributed by atoms with Crippen LogP contribution in [0.15, 0.2) is 15.9 Å². The van der Waals surface area contributed by atoms with Gasteiger partial charge in [-0.15, -0.1) is 11.3 Å². The number of carbonyl (C=O) groups is 1. The zero-order valence-corrected chi connectivity index (χ0v) is 12.3. The number of carbonyl (C=O) groups excluding carboxylic acids is 1. The van der Waals surface area contributed by atoms with E-state index in [4.69, 9.17) is 5.73 Å². The molecule has 1 aromatic rings. The van der Waals surface area contributed by atoms with Gasteiger partial charge in [-0.3, -0.25) is 4.79 Å². The second kappa shape index (κ2) is 5.08. The standard InChI is InChI=1S/C12H17BrN2OS/c1-15(7-9-3-4-10(13)17-9)11(16)12(8-14)5-2-6-12/h3-4H,2,5-8,14H2,1H3. The van der Waals surface area contributed by atoms with Crippen molar-refractivity contribution in [1.82, 2.24) is 4.90 Å². The lowest BCUT2D eigenvalue weighted by Crippen LogP contribution is -2.50. The Morgan fingerprint density at radius 3 is 2.71 bits per heavy atom. The molecule has 0 bridgehead atoms. The van der Waals surface area contributed by atoms with Crippen LogP contribution in [0.5, 0.6) is 0 Å². The molecule has 17 heavy (non-hydrogen) atoms. The predicted molar refractivity (Wildman–Crippen MR) is 73.8 cm³/mol. The average Bonchev–Trinajstić information content (AvgIpc) is 2.63. The van der Waals surface area contributed by atoms with Crippen molar-refractivity contribution in [3.8, 4) is 0 Å². The Balaban J connectivity index is 2.00. The normalized spacial score (nSPS) is 17.6. The van der Waals surface area contributed by atoms with Crippen LogP contribution in [0.2, 0.25) is 0 Å². The summed E-state index contributed by atoms with van der Waals surface area (Å²) in [5.41, 5.74) is 5.49. The molecule has 5 heteroatoms. The molecule has 1 aromatic heterocycles. The van der Waals surface area contributed by atoms with Crippen LogP contribution in [0.25, 0.3) is 0 Å². The van der Waals surface area contributed by atoms with Gasteiger partial charge < -0.3 is 10.6 Å². The van der Waals surface area contributed by atoms with E-state index in [0.717, 1.165) is 23.0 Å². The van der Waals surface area contributed by atoms with Crippen molar-refractivity contribution in [3.63, 3.8) is 0 Å². The molecule has 2 N–H and O–H groups in total. The van der Waals surface area contributed by atoms with E-state index in [-0.39, 0.29) is 11.3 Å². The fourth-order valence-corrected chi connectivity index (χ4v) is 3.79. The summed E-state index contributed by atoms with van der Waals surface area (Å²) < 4.78 is 1.10. The fraction of sp³-hybridized carbons (Fsp3) is 0.583. The van der Waals surface area contributed by atoms with Gasteiger partial charge in [0.2, 0.25) is 5.91 Å². The van der Waals surface area contributed by atoms with Crippen LogP contribution in [-0.4, -0.2) is 24.4 Å². The van der Waals surface area contributed by atoms with E-state index in [1.807, 2.05) is 18.0 Å². The molecule has 0 aliphatic heterocycles. The number of rotatable bonds is 4. The molecule has 1 aliphatic rings. The highest BCUT2D eigenvalue weighted by atomic mass is 79.9. The number of nitrogens with zero attached hydrogens (tertiary/aromatic N) is 1. The third-order valence-electron chi connectivity index (χ3n) is 3.52. The zero-order valence-electron chi connectivity index (χ0n) is 9.91. The second-order valence-corrected chi connectivity index (χ2v) is 7.25. The topological polar surface area (TPSA) is 46.3 Å². The molecule has 1 amide bonds. The third kappa shape index (κ3) is 2.56. The van der Waals surface area contributed by atoms with Gasteiger partial charge in [0, 0.05) is 18.5 Å². The van der Waals surface area contributed by atoms with Crippen LogP contribution in [0, 0.1) is 5.41 Å². The zero-order chi connectivity index (χ0) is 12.5. The lowest BCUT2D eigenvalue weighted by Gasteiger charge is -2.41. The Bertz CT molecular complexity index is 409. The Kier molecular flexibility index (Phi) is 3.90. The Morgan fingerprint density at radius 1 is 1.59 bits per heavy atom. The van der Waals surface area contributed by atoms with Crippen LogP contribution < -0.4 is 5.73 Å². The van der Waals surface area contributed by atoms with Crippen molar-refractivity contribution in [2.45, 2.75) is 25.8 Å². The summed E-state index contributed by atoms with van der Waals surface area (Å²) in [5.74, 6) is 0.204. The van der Waals surface area contributed by atoms with Gasteiger partial charge in [-0.2, -0.15) is 0 Å². The molecule has 1 aliphatic carbocycles. The quantitative estimate of drug-likeness (QED) is 0.928. The molecule has 1 fully saturated rings. The average molecular weight is 317 g/mol. The monoisotopic (exact) mass is 316 g/mol. The maximum atomic E-state index is 12.3. The third-order valence-corrected chi connectivity index (χ3v) is 5.13. The predicted octanol–water partition coefficient (Wildman–Crippen LogP) is 2.60. The smallest absolute Gasteiger partial charge is 0.230 e. The van der Waals surface area contributed by atoms with Crippen LogP contribution in [-0.2, 0) is 11.3 Å². The minimum Gasteiger partial charge on any atom is -0.340 e.